The zero-order chi connectivity index (χ0) is 15.2. The van der Waals surface area contributed by atoms with Crippen molar-refractivity contribution in [2.24, 2.45) is 5.92 Å². The number of H-pyrrole nitrogens is 1. The van der Waals surface area contributed by atoms with E-state index in [2.05, 4.69) is 20.6 Å². The second-order valence-electron chi connectivity index (χ2n) is 5.64. The fourth-order valence-electron chi connectivity index (χ4n) is 3.10. The average molecular weight is 320 g/mol. The highest BCUT2D eigenvalue weighted by Crippen LogP contribution is 2.38. The summed E-state index contributed by atoms with van der Waals surface area (Å²) in [4.78, 5) is 13.7. The summed E-state index contributed by atoms with van der Waals surface area (Å²) in [5.41, 5.74) is 0. The number of carbonyl (C=O) groups is 1. The number of hydrogen-bond acceptors (Lipinski definition) is 6. The standard InChI is InChI=1S/C15H20N4O2S/c20-15(21-9-8-13-16-18-19-17-13)14(12-7-4-10-22-12)11-5-2-1-3-6-11/h4,7,10-11,14H,1-3,5-6,8-9H2,(H,16,17,18,19). The molecule has 0 aromatic carbocycles. The largest absolute Gasteiger partial charge is 0.465 e. The minimum absolute atomic E-state index is 0.113. The summed E-state index contributed by atoms with van der Waals surface area (Å²) in [6, 6.07) is 4.05. The number of ether oxygens (including phenoxy) is 1. The number of nitrogens with one attached hydrogen (secondary N) is 1. The predicted molar refractivity (Wildman–Crippen MR) is 82.5 cm³/mol. The van der Waals surface area contributed by atoms with Crippen LogP contribution in [0.3, 0.4) is 0 Å². The van der Waals surface area contributed by atoms with Gasteiger partial charge in [-0.15, -0.1) is 21.5 Å². The molecule has 6 nitrogen and oxygen atoms in total. The van der Waals surface area contributed by atoms with Gasteiger partial charge in [-0.1, -0.05) is 30.5 Å². The van der Waals surface area contributed by atoms with E-state index < -0.39 is 0 Å². The lowest BCUT2D eigenvalue weighted by Crippen LogP contribution is -2.25. The number of esters is 1. The molecule has 1 aliphatic rings. The molecule has 1 aliphatic carbocycles. The molecule has 22 heavy (non-hydrogen) atoms. The minimum atomic E-state index is -0.120. The summed E-state index contributed by atoms with van der Waals surface area (Å²) < 4.78 is 5.50. The van der Waals surface area contributed by atoms with Gasteiger partial charge in [-0.3, -0.25) is 4.79 Å². The highest BCUT2D eigenvalue weighted by molar-refractivity contribution is 7.10. The number of nitrogens with zero attached hydrogens (tertiary/aromatic N) is 3. The number of aromatic nitrogens is 4. The Morgan fingerprint density at radius 1 is 1.41 bits per heavy atom. The molecule has 7 heteroatoms. The highest BCUT2D eigenvalue weighted by Gasteiger charge is 2.32. The van der Waals surface area contributed by atoms with Gasteiger partial charge >= 0.3 is 5.97 Å². The van der Waals surface area contributed by atoms with Crippen LogP contribution < -0.4 is 0 Å². The monoisotopic (exact) mass is 320 g/mol. The Morgan fingerprint density at radius 2 is 2.27 bits per heavy atom. The molecule has 2 aromatic rings. The summed E-state index contributed by atoms with van der Waals surface area (Å²) >= 11 is 1.64. The summed E-state index contributed by atoms with van der Waals surface area (Å²) in [7, 11) is 0. The third-order valence-electron chi connectivity index (χ3n) is 4.18. The van der Waals surface area contributed by atoms with Crippen molar-refractivity contribution in [3.05, 3.63) is 28.2 Å². The van der Waals surface area contributed by atoms with Gasteiger partial charge in [-0.25, -0.2) is 0 Å². The lowest BCUT2D eigenvalue weighted by molar-refractivity contribution is -0.147. The van der Waals surface area contributed by atoms with Gasteiger partial charge in [0.2, 0.25) is 0 Å². The van der Waals surface area contributed by atoms with Crippen LogP contribution in [-0.2, 0) is 16.0 Å². The zero-order valence-corrected chi connectivity index (χ0v) is 13.2. The molecule has 2 heterocycles. The van der Waals surface area contributed by atoms with Crippen molar-refractivity contribution < 1.29 is 9.53 Å². The molecule has 3 rings (SSSR count). The maximum absolute atomic E-state index is 12.6. The van der Waals surface area contributed by atoms with Crippen LogP contribution >= 0.6 is 11.3 Å². The molecular weight excluding hydrogens is 300 g/mol. The molecular formula is C15H20N4O2S. The van der Waals surface area contributed by atoms with Gasteiger partial charge in [0.05, 0.1) is 12.5 Å². The van der Waals surface area contributed by atoms with E-state index in [1.165, 1.54) is 19.3 Å². The van der Waals surface area contributed by atoms with E-state index in [1.54, 1.807) is 11.3 Å². The third kappa shape index (κ3) is 3.71. The molecule has 1 atom stereocenters. The molecule has 0 bridgehead atoms. The molecule has 1 N–H and O–H groups in total. The van der Waals surface area contributed by atoms with E-state index in [-0.39, 0.29) is 11.9 Å². The summed E-state index contributed by atoms with van der Waals surface area (Å²) in [6.45, 7) is 0.299. The summed E-state index contributed by atoms with van der Waals surface area (Å²) in [5.74, 6) is 0.742. The summed E-state index contributed by atoms with van der Waals surface area (Å²) in [5, 5.41) is 15.6. The first-order valence-electron chi connectivity index (χ1n) is 7.77. The van der Waals surface area contributed by atoms with Crippen LogP contribution in [0.25, 0.3) is 0 Å². The van der Waals surface area contributed by atoms with Crippen molar-refractivity contribution in [3.63, 3.8) is 0 Å². The van der Waals surface area contributed by atoms with Crippen molar-refractivity contribution in [2.75, 3.05) is 6.61 Å². The number of aromatic amines is 1. The fraction of sp³-hybridized carbons (Fsp3) is 0.600. The van der Waals surface area contributed by atoms with E-state index in [4.69, 9.17) is 4.74 Å². The second kappa shape index (κ2) is 7.49. The quantitative estimate of drug-likeness (QED) is 0.828. The lowest BCUT2D eigenvalue weighted by Gasteiger charge is -2.28. The Labute approximate surface area is 133 Å². The molecule has 0 aliphatic heterocycles. The van der Waals surface area contributed by atoms with Crippen molar-refractivity contribution in [3.8, 4) is 0 Å². The Hall–Kier alpha value is -1.76. The van der Waals surface area contributed by atoms with Gasteiger partial charge in [0.25, 0.3) is 0 Å². The van der Waals surface area contributed by atoms with Crippen LogP contribution in [0.5, 0.6) is 0 Å². The van der Waals surface area contributed by atoms with Crippen LogP contribution in [-0.4, -0.2) is 33.2 Å². The normalized spacial score (nSPS) is 17.3. The van der Waals surface area contributed by atoms with Crippen LogP contribution in [0.15, 0.2) is 17.5 Å². The minimum Gasteiger partial charge on any atom is -0.465 e. The van der Waals surface area contributed by atoms with Crippen molar-refractivity contribution in [1.82, 2.24) is 20.6 Å². The molecule has 2 aromatic heterocycles. The molecule has 1 unspecified atom stereocenters. The maximum atomic E-state index is 12.6. The number of hydrogen-bond donors (Lipinski definition) is 1. The second-order valence-corrected chi connectivity index (χ2v) is 6.62. The molecule has 118 valence electrons. The van der Waals surface area contributed by atoms with Crippen LogP contribution in [0.1, 0.15) is 48.7 Å². The first kappa shape index (κ1) is 15.1. The predicted octanol–water partition coefficient (Wildman–Crippen LogP) is 2.71. The molecule has 1 fully saturated rings. The van der Waals surface area contributed by atoms with Crippen LogP contribution in [0.2, 0.25) is 0 Å². The molecule has 0 radical (unpaired) electrons. The Balaban J connectivity index is 1.61. The number of rotatable bonds is 6. The van der Waals surface area contributed by atoms with E-state index in [0.717, 1.165) is 17.7 Å². The van der Waals surface area contributed by atoms with E-state index >= 15 is 0 Å². The fourth-order valence-corrected chi connectivity index (χ4v) is 4.00. The SMILES string of the molecule is O=C(OCCc1nn[nH]n1)C(c1cccs1)C1CCCCC1. The topological polar surface area (TPSA) is 80.8 Å². The van der Waals surface area contributed by atoms with E-state index in [0.29, 0.717) is 24.8 Å². The number of thiophene rings is 1. The Bertz CT molecular complexity index is 564. The van der Waals surface area contributed by atoms with Gasteiger partial charge in [0.1, 0.15) is 0 Å². The van der Waals surface area contributed by atoms with Gasteiger partial charge in [-0.2, -0.15) is 5.21 Å². The van der Waals surface area contributed by atoms with Crippen LogP contribution in [0, 0.1) is 5.92 Å². The highest BCUT2D eigenvalue weighted by atomic mass is 32.1. The summed E-state index contributed by atoms with van der Waals surface area (Å²) in [6.07, 6.45) is 6.42. The van der Waals surface area contributed by atoms with Gasteiger partial charge in [0.15, 0.2) is 5.82 Å². The smallest absolute Gasteiger partial charge is 0.314 e. The first-order chi connectivity index (χ1) is 10.8. The third-order valence-corrected chi connectivity index (χ3v) is 5.14. The van der Waals surface area contributed by atoms with Gasteiger partial charge in [-0.05, 0) is 30.2 Å². The molecule has 1 saturated carbocycles. The van der Waals surface area contributed by atoms with E-state index in [1.807, 2.05) is 17.5 Å². The molecule has 0 saturated heterocycles. The van der Waals surface area contributed by atoms with Crippen molar-refractivity contribution >= 4 is 17.3 Å². The number of tetrazole rings is 1. The maximum Gasteiger partial charge on any atom is 0.314 e. The molecule has 0 amide bonds. The Morgan fingerprint density at radius 3 is 2.95 bits per heavy atom. The zero-order valence-electron chi connectivity index (χ0n) is 12.4. The van der Waals surface area contributed by atoms with Gasteiger partial charge in [0, 0.05) is 11.3 Å². The van der Waals surface area contributed by atoms with E-state index in [9.17, 15) is 4.79 Å². The van der Waals surface area contributed by atoms with Crippen LogP contribution in [0.4, 0.5) is 0 Å². The van der Waals surface area contributed by atoms with Crippen molar-refractivity contribution in [1.29, 1.82) is 0 Å². The van der Waals surface area contributed by atoms with Gasteiger partial charge < -0.3 is 4.74 Å². The Kier molecular flexibility index (Phi) is 5.15. The first-order valence-corrected chi connectivity index (χ1v) is 8.65. The number of carbonyl (C=O) groups excluding carboxylic acids is 1. The lowest BCUT2D eigenvalue weighted by atomic mass is 9.79. The average Bonchev–Trinajstić information content (AvgIpc) is 3.22. The molecule has 0 spiro atoms. The van der Waals surface area contributed by atoms with Crippen molar-refractivity contribution in [2.45, 2.75) is 44.4 Å².